The van der Waals surface area contributed by atoms with Gasteiger partial charge < -0.3 is 19.3 Å². The monoisotopic (exact) mass is 364 g/mol. The fourth-order valence-electron chi connectivity index (χ4n) is 2.84. The molecular weight excluding hydrogens is 352 g/mol. The number of rotatable bonds is 2. The lowest BCUT2D eigenvalue weighted by Crippen LogP contribution is -2.48. The van der Waals surface area contributed by atoms with Gasteiger partial charge in [0.05, 0.1) is 12.1 Å². The fourth-order valence-corrected chi connectivity index (χ4v) is 3.03. The molecule has 1 spiro atoms. The number of benzene rings is 1. The average molecular weight is 365 g/mol. The van der Waals surface area contributed by atoms with Crippen molar-refractivity contribution < 1.29 is 33.7 Å². The van der Waals surface area contributed by atoms with Gasteiger partial charge in [-0.05, 0) is 18.6 Å². The molecule has 8 heteroatoms. The molecule has 0 amide bonds. The van der Waals surface area contributed by atoms with Gasteiger partial charge >= 0.3 is 5.97 Å². The average Bonchev–Trinajstić information content (AvgIpc) is 2.83. The fraction of sp³-hybridized carbons (Fsp3) is 0.235. The Morgan fingerprint density at radius 3 is 2.52 bits per heavy atom. The molecule has 0 saturated heterocycles. The molecule has 1 heterocycles. The van der Waals surface area contributed by atoms with Crippen LogP contribution in [0.3, 0.4) is 0 Å². The summed E-state index contributed by atoms with van der Waals surface area (Å²) >= 11 is 6.21. The molecule has 0 bridgehead atoms. The summed E-state index contributed by atoms with van der Waals surface area (Å²) in [7, 11) is 1.24. The van der Waals surface area contributed by atoms with E-state index in [9.17, 15) is 19.5 Å². The Morgan fingerprint density at radius 2 is 1.92 bits per heavy atom. The van der Waals surface area contributed by atoms with E-state index in [0.29, 0.717) is 5.56 Å². The number of carbonyl (C=O) groups excluding carboxylic acids is 3. The van der Waals surface area contributed by atoms with Gasteiger partial charge in [-0.15, -0.1) is 0 Å². The third kappa shape index (κ3) is 2.31. The molecule has 1 aromatic carbocycles. The third-order valence-corrected chi connectivity index (χ3v) is 4.37. The number of allylic oxidation sites excluding steroid dienone is 2. The van der Waals surface area contributed by atoms with E-state index in [0.717, 1.165) is 19.1 Å². The Morgan fingerprint density at radius 1 is 1.28 bits per heavy atom. The summed E-state index contributed by atoms with van der Waals surface area (Å²) < 4.78 is 16.0. The largest absolute Gasteiger partial charge is 0.507 e. The standard InChI is InChI=1S/C17H13ClO7/c1-7-4-10(21)13-15(14(7)18)25-17(16(13)22)11(23-3)5-9(20)6-12(17)24-8(2)19/h4-6,21H,1-3H3. The van der Waals surface area contributed by atoms with Crippen molar-refractivity contribution in [2.45, 2.75) is 19.4 Å². The van der Waals surface area contributed by atoms with Gasteiger partial charge in [0, 0.05) is 19.1 Å². The SMILES string of the molecule is COC1=CC(=O)C=C(OC(C)=O)C12Oc1c(Cl)c(C)cc(O)c1C2=O. The molecule has 1 atom stereocenters. The van der Waals surface area contributed by atoms with Crippen LogP contribution in [0.2, 0.25) is 5.02 Å². The van der Waals surface area contributed by atoms with E-state index in [2.05, 4.69) is 0 Å². The first-order chi connectivity index (χ1) is 11.7. The molecule has 3 rings (SSSR count). The smallest absolute Gasteiger partial charge is 0.307 e. The highest BCUT2D eigenvalue weighted by Crippen LogP contribution is 2.51. The number of methoxy groups -OCH3 is 1. The maximum Gasteiger partial charge on any atom is 0.307 e. The molecule has 25 heavy (non-hydrogen) atoms. The van der Waals surface area contributed by atoms with Gasteiger partial charge in [-0.25, -0.2) is 0 Å². The summed E-state index contributed by atoms with van der Waals surface area (Å²) in [6.45, 7) is 2.74. The Balaban J connectivity index is 2.27. The van der Waals surface area contributed by atoms with Crippen molar-refractivity contribution in [2.75, 3.05) is 7.11 Å². The minimum atomic E-state index is -2.04. The number of hydrogen-bond acceptors (Lipinski definition) is 7. The summed E-state index contributed by atoms with van der Waals surface area (Å²) in [5.41, 5.74) is -1.73. The zero-order valence-corrected chi connectivity index (χ0v) is 14.3. The predicted octanol–water partition coefficient (Wildman–Crippen LogP) is 2.23. The topological polar surface area (TPSA) is 99.1 Å². The number of phenols is 1. The molecule has 1 N–H and O–H groups in total. The second-order valence-corrected chi connectivity index (χ2v) is 5.94. The molecule has 1 unspecified atom stereocenters. The number of esters is 1. The predicted molar refractivity (Wildman–Crippen MR) is 85.5 cm³/mol. The van der Waals surface area contributed by atoms with Crippen molar-refractivity contribution in [3.63, 3.8) is 0 Å². The Hall–Kier alpha value is -2.80. The maximum atomic E-state index is 13.1. The normalized spacial score (nSPS) is 21.4. The first kappa shape index (κ1) is 17.0. The van der Waals surface area contributed by atoms with Crippen molar-refractivity contribution >= 4 is 29.1 Å². The van der Waals surface area contributed by atoms with Gasteiger partial charge in [0.25, 0.3) is 5.60 Å². The molecule has 1 aliphatic carbocycles. The van der Waals surface area contributed by atoms with Crippen molar-refractivity contribution in [3.05, 3.63) is 45.9 Å². The summed E-state index contributed by atoms with van der Waals surface area (Å²) in [5.74, 6) is -2.99. The van der Waals surface area contributed by atoms with E-state index >= 15 is 0 Å². The van der Waals surface area contributed by atoms with Crippen LogP contribution in [0.15, 0.2) is 29.7 Å². The molecule has 130 valence electrons. The van der Waals surface area contributed by atoms with Gasteiger partial charge in [0.2, 0.25) is 5.78 Å². The van der Waals surface area contributed by atoms with E-state index in [1.807, 2.05) is 0 Å². The van der Waals surface area contributed by atoms with Gasteiger partial charge in [0.15, 0.2) is 23.1 Å². The molecule has 0 fully saturated rings. The van der Waals surface area contributed by atoms with E-state index in [-0.39, 0.29) is 33.6 Å². The lowest BCUT2D eigenvalue weighted by molar-refractivity contribution is -0.139. The van der Waals surface area contributed by atoms with E-state index < -0.39 is 23.1 Å². The molecule has 0 aromatic heterocycles. The zero-order chi connectivity index (χ0) is 18.5. The summed E-state index contributed by atoms with van der Waals surface area (Å²) in [6.07, 6.45) is 2.01. The van der Waals surface area contributed by atoms with E-state index in [1.165, 1.54) is 13.2 Å². The van der Waals surface area contributed by atoms with Gasteiger partial charge in [-0.1, -0.05) is 11.6 Å². The van der Waals surface area contributed by atoms with Crippen LogP contribution in [0.4, 0.5) is 0 Å². The number of phenolic OH excluding ortho intramolecular Hbond substituents is 1. The van der Waals surface area contributed by atoms with E-state index in [4.69, 9.17) is 25.8 Å². The van der Waals surface area contributed by atoms with Crippen molar-refractivity contribution in [2.24, 2.45) is 0 Å². The highest BCUT2D eigenvalue weighted by Gasteiger charge is 2.60. The molecule has 0 radical (unpaired) electrons. The van der Waals surface area contributed by atoms with Gasteiger partial charge in [-0.2, -0.15) is 0 Å². The summed E-state index contributed by atoms with van der Waals surface area (Å²) in [5, 5.41) is 10.3. The number of ketones is 2. The quantitative estimate of drug-likeness (QED) is 0.803. The minimum Gasteiger partial charge on any atom is -0.507 e. The van der Waals surface area contributed by atoms with Gasteiger partial charge in [-0.3, -0.25) is 14.4 Å². The number of hydrogen-bond donors (Lipinski definition) is 1. The first-order valence-corrected chi connectivity index (χ1v) is 7.56. The van der Waals surface area contributed by atoms with Crippen molar-refractivity contribution in [3.8, 4) is 11.5 Å². The lowest BCUT2D eigenvalue weighted by atomic mass is 9.86. The molecule has 1 aromatic rings. The number of halogens is 1. The lowest BCUT2D eigenvalue weighted by Gasteiger charge is -2.31. The van der Waals surface area contributed by atoms with Crippen LogP contribution in [-0.2, 0) is 19.1 Å². The Labute approximate surface area is 147 Å². The van der Waals surface area contributed by atoms with Crippen LogP contribution >= 0.6 is 11.6 Å². The number of Topliss-reactive ketones (excluding diaryl/α,β-unsaturated/α-hetero) is 1. The van der Waals surface area contributed by atoms with Crippen LogP contribution < -0.4 is 4.74 Å². The van der Waals surface area contributed by atoms with Crippen LogP contribution in [0, 0.1) is 6.92 Å². The number of ether oxygens (including phenoxy) is 3. The van der Waals surface area contributed by atoms with Crippen molar-refractivity contribution in [1.29, 1.82) is 0 Å². The number of aryl methyl sites for hydroxylation is 1. The number of aromatic hydroxyl groups is 1. The molecule has 2 aliphatic rings. The third-order valence-electron chi connectivity index (χ3n) is 3.90. The van der Waals surface area contributed by atoms with Crippen molar-refractivity contribution in [1.82, 2.24) is 0 Å². The van der Waals surface area contributed by atoms with Crippen LogP contribution in [-0.4, -0.2) is 35.4 Å². The Kier molecular flexibility index (Phi) is 3.84. The Bertz CT molecular complexity index is 897. The van der Waals surface area contributed by atoms with Gasteiger partial charge in [0.1, 0.15) is 11.3 Å². The van der Waals surface area contributed by atoms with Crippen LogP contribution in [0.1, 0.15) is 22.8 Å². The number of fused-ring (bicyclic) bond motifs is 1. The highest BCUT2D eigenvalue weighted by atomic mass is 35.5. The summed E-state index contributed by atoms with van der Waals surface area (Å²) in [4.78, 5) is 36.4. The maximum absolute atomic E-state index is 13.1. The molecule has 7 nitrogen and oxygen atoms in total. The molecular formula is C17H13ClO7. The zero-order valence-electron chi connectivity index (χ0n) is 13.5. The minimum absolute atomic E-state index is 0.0699. The van der Waals surface area contributed by atoms with Crippen LogP contribution in [0.5, 0.6) is 11.5 Å². The summed E-state index contributed by atoms with van der Waals surface area (Å²) in [6, 6.07) is 1.32. The number of carbonyl (C=O) groups is 3. The van der Waals surface area contributed by atoms with E-state index in [1.54, 1.807) is 6.92 Å². The first-order valence-electron chi connectivity index (χ1n) is 7.19. The molecule has 1 aliphatic heterocycles. The highest BCUT2D eigenvalue weighted by molar-refractivity contribution is 6.34. The second-order valence-electron chi connectivity index (χ2n) is 5.56. The van der Waals surface area contributed by atoms with Crippen LogP contribution in [0.25, 0.3) is 0 Å². The molecule has 0 saturated carbocycles. The second kappa shape index (κ2) is 5.63.